The fourth-order valence-corrected chi connectivity index (χ4v) is 4.38. The number of carbonyl (C=O) groups is 1. The second-order valence-corrected chi connectivity index (χ2v) is 8.46. The number of carbonyl (C=O) groups excluding carboxylic acids is 1. The first-order valence-corrected chi connectivity index (χ1v) is 10.4. The van der Waals surface area contributed by atoms with Gasteiger partial charge in [0.15, 0.2) is 0 Å². The minimum Gasteiger partial charge on any atom is -0.352 e. The van der Waals surface area contributed by atoms with Crippen molar-refractivity contribution in [3.05, 3.63) is 32.3 Å². The van der Waals surface area contributed by atoms with Crippen molar-refractivity contribution >= 4 is 27.5 Å². The molecule has 7 heteroatoms. The van der Waals surface area contributed by atoms with Crippen LogP contribution >= 0.6 is 11.3 Å². The van der Waals surface area contributed by atoms with E-state index >= 15 is 0 Å². The third-order valence-corrected chi connectivity index (χ3v) is 5.93. The number of rotatable bonds is 6. The second kappa shape index (κ2) is 8.20. The lowest BCUT2D eigenvalue weighted by Crippen LogP contribution is -2.44. The lowest BCUT2D eigenvalue weighted by Gasteiger charge is -2.23. The van der Waals surface area contributed by atoms with Crippen LogP contribution in [0, 0.1) is 5.92 Å². The number of nitrogens with one attached hydrogen (secondary N) is 1. The molecule has 6 nitrogen and oxygen atoms in total. The summed E-state index contributed by atoms with van der Waals surface area (Å²) >= 11 is 1.32. The summed E-state index contributed by atoms with van der Waals surface area (Å²) in [5, 5.41) is 4.85. The van der Waals surface area contributed by atoms with Crippen LogP contribution in [0.2, 0.25) is 0 Å². The summed E-state index contributed by atoms with van der Waals surface area (Å²) in [5.74, 6) is 0.240. The third kappa shape index (κ3) is 4.09. The molecule has 26 heavy (non-hydrogen) atoms. The molecule has 1 N–H and O–H groups in total. The van der Waals surface area contributed by atoms with Crippen molar-refractivity contribution in [2.24, 2.45) is 5.92 Å². The number of thiophene rings is 1. The van der Waals surface area contributed by atoms with Crippen molar-refractivity contribution < 1.29 is 4.79 Å². The highest BCUT2D eigenvalue weighted by Gasteiger charge is 2.19. The van der Waals surface area contributed by atoms with E-state index in [1.807, 2.05) is 0 Å². The minimum absolute atomic E-state index is 0.0372. The van der Waals surface area contributed by atoms with Crippen LogP contribution in [0.1, 0.15) is 52.4 Å². The number of hydrogen-bond donors (Lipinski definition) is 1. The van der Waals surface area contributed by atoms with Gasteiger partial charge in [0.25, 0.3) is 5.56 Å². The monoisotopic (exact) mass is 377 g/mol. The van der Waals surface area contributed by atoms with E-state index in [9.17, 15) is 14.4 Å². The summed E-state index contributed by atoms with van der Waals surface area (Å²) in [6, 6.07) is 1.96. The van der Waals surface area contributed by atoms with Gasteiger partial charge in [0.05, 0.1) is 5.52 Å². The van der Waals surface area contributed by atoms with E-state index in [2.05, 4.69) is 19.2 Å². The van der Waals surface area contributed by atoms with Crippen molar-refractivity contribution in [1.82, 2.24) is 14.5 Å². The lowest BCUT2D eigenvalue weighted by molar-refractivity contribution is -0.122. The van der Waals surface area contributed by atoms with Gasteiger partial charge in [0.2, 0.25) is 5.91 Å². The maximum Gasteiger partial charge on any atom is 0.332 e. The molecule has 2 heterocycles. The molecule has 0 bridgehead atoms. The van der Waals surface area contributed by atoms with Crippen LogP contribution in [0.4, 0.5) is 0 Å². The van der Waals surface area contributed by atoms with Gasteiger partial charge in [-0.15, -0.1) is 11.3 Å². The number of nitrogens with zero attached hydrogens (tertiary/aromatic N) is 2. The molecule has 0 atom stereocenters. The second-order valence-electron chi connectivity index (χ2n) is 7.55. The molecule has 142 valence electrons. The van der Waals surface area contributed by atoms with Crippen molar-refractivity contribution in [2.45, 2.75) is 71.5 Å². The fourth-order valence-electron chi connectivity index (χ4n) is 3.53. The number of amides is 1. The Morgan fingerprint density at radius 3 is 2.65 bits per heavy atom. The summed E-state index contributed by atoms with van der Waals surface area (Å²) in [4.78, 5) is 38.0. The molecule has 0 aromatic carbocycles. The van der Waals surface area contributed by atoms with Crippen LogP contribution in [0.5, 0.6) is 0 Å². The Morgan fingerprint density at radius 2 is 1.96 bits per heavy atom. The van der Waals surface area contributed by atoms with Gasteiger partial charge >= 0.3 is 5.69 Å². The Kier molecular flexibility index (Phi) is 5.96. The van der Waals surface area contributed by atoms with E-state index in [1.54, 1.807) is 11.4 Å². The van der Waals surface area contributed by atoms with Gasteiger partial charge in [-0.2, -0.15) is 0 Å². The zero-order valence-electron chi connectivity index (χ0n) is 15.5. The van der Waals surface area contributed by atoms with Crippen molar-refractivity contribution in [3.63, 3.8) is 0 Å². The average molecular weight is 378 g/mol. The van der Waals surface area contributed by atoms with E-state index < -0.39 is 0 Å². The molecule has 0 spiro atoms. The smallest absolute Gasteiger partial charge is 0.332 e. The van der Waals surface area contributed by atoms with Crippen LogP contribution in [0.25, 0.3) is 10.2 Å². The molecule has 2 aromatic heterocycles. The molecule has 0 unspecified atom stereocenters. The molecule has 1 saturated carbocycles. The summed E-state index contributed by atoms with van der Waals surface area (Å²) in [6.45, 7) is 4.47. The normalized spacial score (nSPS) is 15.7. The first-order valence-electron chi connectivity index (χ1n) is 9.47. The maximum atomic E-state index is 12.9. The molecule has 0 saturated heterocycles. The van der Waals surface area contributed by atoms with Gasteiger partial charge in [-0.3, -0.25) is 18.7 Å². The Morgan fingerprint density at radius 1 is 1.23 bits per heavy atom. The minimum atomic E-state index is -0.389. The standard InChI is InChI=1S/C19H27N3O3S/c1-13(2)8-10-21-18(24)17-15(9-11-26-17)22(19(21)25)12-16(23)20-14-6-4-3-5-7-14/h9,11,13-14H,3-8,10,12H2,1-2H3,(H,20,23). The quantitative estimate of drug-likeness (QED) is 0.841. The zero-order valence-corrected chi connectivity index (χ0v) is 16.3. The number of fused-ring (bicyclic) bond motifs is 1. The van der Waals surface area contributed by atoms with Gasteiger partial charge in [-0.05, 0) is 36.6 Å². The summed E-state index contributed by atoms with van der Waals surface area (Å²) in [6.07, 6.45) is 6.26. The number of aromatic nitrogens is 2. The van der Waals surface area contributed by atoms with Gasteiger partial charge in [-0.1, -0.05) is 33.1 Å². The van der Waals surface area contributed by atoms with E-state index in [-0.39, 0.29) is 29.7 Å². The highest BCUT2D eigenvalue weighted by Crippen LogP contribution is 2.18. The van der Waals surface area contributed by atoms with Crippen molar-refractivity contribution in [1.29, 1.82) is 0 Å². The molecule has 1 aliphatic carbocycles. The Bertz CT molecular complexity index is 888. The highest BCUT2D eigenvalue weighted by molar-refractivity contribution is 7.17. The van der Waals surface area contributed by atoms with Gasteiger partial charge < -0.3 is 5.32 Å². The molecular formula is C19H27N3O3S. The molecular weight excluding hydrogens is 350 g/mol. The van der Waals surface area contributed by atoms with E-state index in [4.69, 9.17) is 0 Å². The predicted octanol–water partition coefficient (Wildman–Crippen LogP) is 2.72. The average Bonchev–Trinajstić information content (AvgIpc) is 3.09. The number of hydrogen-bond acceptors (Lipinski definition) is 4. The van der Waals surface area contributed by atoms with Crippen LogP contribution in [-0.2, 0) is 17.9 Å². The van der Waals surface area contributed by atoms with Crippen LogP contribution in [0.15, 0.2) is 21.0 Å². The van der Waals surface area contributed by atoms with Crippen LogP contribution in [-0.4, -0.2) is 21.1 Å². The maximum absolute atomic E-state index is 12.9. The topological polar surface area (TPSA) is 73.1 Å². The Hall–Kier alpha value is -1.89. The summed E-state index contributed by atoms with van der Waals surface area (Å²) in [7, 11) is 0. The Balaban J connectivity index is 1.89. The first kappa shape index (κ1) is 18.9. The van der Waals surface area contributed by atoms with Gasteiger partial charge in [-0.25, -0.2) is 4.79 Å². The molecule has 1 fully saturated rings. The van der Waals surface area contributed by atoms with Crippen molar-refractivity contribution in [3.8, 4) is 0 Å². The molecule has 0 aliphatic heterocycles. The predicted molar refractivity (Wildman–Crippen MR) is 105 cm³/mol. The van der Waals surface area contributed by atoms with Crippen LogP contribution in [0.3, 0.4) is 0 Å². The summed E-state index contributed by atoms with van der Waals surface area (Å²) in [5.41, 5.74) is -0.0745. The van der Waals surface area contributed by atoms with E-state index in [1.165, 1.54) is 26.9 Å². The molecule has 1 amide bonds. The van der Waals surface area contributed by atoms with Crippen LogP contribution < -0.4 is 16.6 Å². The Labute approximate surface area is 156 Å². The first-order chi connectivity index (χ1) is 12.5. The fraction of sp³-hybridized carbons (Fsp3) is 0.632. The zero-order chi connectivity index (χ0) is 18.7. The van der Waals surface area contributed by atoms with Crippen molar-refractivity contribution in [2.75, 3.05) is 0 Å². The summed E-state index contributed by atoms with van der Waals surface area (Å²) < 4.78 is 3.28. The molecule has 2 aromatic rings. The van der Waals surface area contributed by atoms with Gasteiger partial charge in [0.1, 0.15) is 11.2 Å². The molecule has 0 radical (unpaired) electrons. The van der Waals surface area contributed by atoms with Gasteiger partial charge in [0, 0.05) is 12.6 Å². The third-order valence-electron chi connectivity index (χ3n) is 5.04. The molecule has 3 rings (SSSR count). The molecule has 1 aliphatic rings. The van der Waals surface area contributed by atoms with E-state index in [0.717, 1.165) is 32.1 Å². The van der Waals surface area contributed by atoms with E-state index in [0.29, 0.717) is 22.7 Å². The largest absolute Gasteiger partial charge is 0.352 e. The highest BCUT2D eigenvalue weighted by atomic mass is 32.1. The SMILES string of the molecule is CC(C)CCn1c(=O)c2sccc2n(CC(=O)NC2CCCCC2)c1=O. The lowest BCUT2D eigenvalue weighted by atomic mass is 9.95.